The second-order valence-corrected chi connectivity index (χ2v) is 9.22. The van der Waals surface area contributed by atoms with Crippen LogP contribution in [0.25, 0.3) is 0 Å². The highest BCUT2D eigenvalue weighted by Gasteiger charge is 2.21. The number of hydrogen-bond donors (Lipinski definition) is 1. The molecule has 0 heterocycles. The first kappa shape index (κ1) is 22.8. The van der Waals surface area contributed by atoms with Crippen LogP contribution < -0.4 is 5.32 Å². The molecule has 0 saturated carbocycles. The van der Waals surface area contributed by atoms with Crippen LogP contribution in [0.2, 0.25) is 20.1 Å². The molecule has 0 aromatic heterocycles. The van der Waals surface area contributed by atoms with E-state index in [9.17, 15) is 18.0 Å². The van der Waals surface area contributed by atoms with Gasteiger partial charge in [-0.2, -0.15) is 0 Å². The molecule has 150 valence electrons. The summed E-state index contributed by atoms with van der Waals surface area (Å²) >= 11 is 23.3. The summed E-state index contributed by atoms with van der Waals surface area (Å²) in [7, 11) is -3.85. The first-order chi connectivity index (χ1) is 13.1. The van der Waals surface area contributed by atoms with Crippen LogP contribution >= 0.6 is 46.4 Å². The van der Waals surface area contributed by atoms with Gasteiger partial charge in [0.2, 0.25) is 0 Å². The van der Waals surface area contributed by atoms with Gasteiger partial charge in [-0.1, -0.05) is 46.4 Å². The van der Waals surface area contributed by atoms with Gasteiger partial charge >= 0.3 is 5.97 Å². The molecule has 0 saturated heterocycles. The molecule has 28 heavy (non-hydrogen) atoms. The molecule has 2 rings (SSSR count). The number of benzene rings is 2. The summed E-state index contributed by atoms with van der Waals surface area (Å²) in [5.41, 5.74) is 0.369. The quantitative estimate of drug-likeness (QED) is 0.578. The molecule has 0 spiro atoms. The van der Waals surface area contributed by atoms with Crippen molar-refractivity contribution in [3.63, 3.8) is 0 Å². The fraction of sp³-hybridized carbons (Fsp3) is 0.176. The van der Waals surface area contributed by atoms with E-state index in [1.165, 1.54) is 36.4 Å². The summed E-state index contributed by atoms with van der Waals surface area (Å²) < 4.78 is 29.4. The van der Waals surface area contributed by atoms with Gasteiger partial charge in [-0.05, 0) is 36.4 Å². The van der Waals surface area contributed by atoms with Crippen molar-refractivity contribution in [1.29, 1.82) is 0 Å². The predicted molar refractivity (Wildman–Crippen MR) is 109 cm³/mol. The van der Waals surface area contributed by atoms with Gasteiger partial charge < -0.3 is 10.1 Å². The molecule has 0 bridgehead atoms. The molecule has 2 aromatic carbocycles. The Morgan fingerprint density at radius 1 is 0.929 bits per heavy atom. The SMILES string of the molecule is O=C(COC(=O)CCS(=O)(=O)c1cc(Cl)ccc1Cl)Nc1ccc(Cl)c(Cl)c1. The van der Waals surface area contributed by atoms with E-state index in [1.807, 2.05) is 0 Å². The Bertz CT molecular complexity index is 1010. The molecule has 0 aliphatic heterocycles. The van der Waals surface area contributed by atoms with Gasteiger partial charge in [0.1, 0.15) is 0 Å². The van der Waals surface area contributed by atoms with E-state index >= 15 is 0 Å². The molecule has 0 aliphatic rings. The fourth-order valence-electron chi connectivity index (χ4n) is 2.03. The van der Waals surface area contributed by atoms with E-state index in [0.29, 0.717) is 10.7 Å². The number of hydrogen-bond acceptors (Lipinski definition) is 5. The number of carbonyl (C=O) groups excluding carboxylic acids is 2. The summed E-state index contributed by atoms with van der Waals surface area (Å²) in [5, 5.41) is 3.24. The average molecular weight is 485 g/mol. The van der Waals surface area contributed by atoms with Crippen LogP contribution in [0, 0.1) is 0 Å². The average Bonchev–Trinajstić information content (AvgIpc) is 2.63. The van der Waals surface area contributed by atoms with E-state index < -0.39 is 40.5 Å². The Labute approximate surface area is 181 Å². The zero-order valence-electron chi connectivity index (χ0n) is 14.0. The predicted octanol–water partition coefficient (Wildman–Crippen LogP) is 4.65. The Kier molecular flexibility index (Phi) is 7.97. The molecule has 1 amide bonds. The Morgan fingerprint density at radius 2 is 1.61 bits per heavy atom. The molecule has 0 aliphatic carbocycles. The number of anilines is 1. The molecule has 1 N–H and O–H groups in total. The number of halogens is 4. The van der Waals surface area contributed by atoms with Crippen molar-refractivity contribution < 1.29 is 22.7 Å². The first-order valence-electron chi connectivity index (χ1n) is 7.67. The van der Waals surface area contributed by atoms with E-state index in [4.69, 9.17) is 51.1 Å². The Hall–Kier alpha value is -1.51. The van der Waals surface area contributed by atoms with Crippen molar-refractivity contribution in [3.8, 4) is 0 Å². The van der Waals surface area contributed by atoms with Crippen molar-refractivity contribution >= 4 is 73.8 Å². The van der Waals surface area contributed by atoms with Crippen LogP contribution in [0.3, 0.4) is 0 Å². The second-order valence-electron chi connectivity index (χ2n) is 5.48. The van der Waals surface area contributed by atoms with Gasteiger partial charge in [0, 0.05) is 10.7 Å². The Balaban J connectivity index is 1.85. The monoisotopic (exact) mass is 483 g/mol. The highest BCUT2D eigenvalue weighted by molar-refractivity contribution is 7.91. The third-order valence-electron chi connectivity index (χ3n) is 3.37. The van der Waals surface area contributed by atoms with Gasteiger partial charge in [0.05, 0.1) is 32.1 Å². The summed E-state index contributed by atoms with van der Waals surface area (Å²) in [4.78, 5) is 23.4. The number of rotatable bonds is 7. The molecule has 0 radical (unpaired) electrons. The van der Waals surface area contributed by atoms with Gasteiger partial charge in [-0.25, -0.2) is 8.42 Å². The zero-order chi connectivity index (χ0) is 20.9. The van der Waals surface area contributed by atoms with Gasteiger partial charge in [0.15, 0.2) is 16.4 Å². The summed E-state index contributed by atoms with van der Waals surface area (Å²) in [6.07, 6.45) is -0.453. The topological polar surface area (TPSA) is 89.5 Å². The van der Waals surface area contributed by atoms with E-state index in [1.54, 1.807) is 0 Å². The summed E-state index contributed by atoms with van der Waals surface area (Å²) in [6, 6.07) is 8.46. The number of amides is 1. The first-order valence-corrected chi connectivity index (χ1v) is 10.8. The Morgan fingerprint density at radius 3 is 2.29 bits per heavy atom. The normalized spacial score (nSPS) is 11.1. The minimum absolute atomic E-state index is 0.00114. The smallest absolute Gasteiger partial charge is 0.307 e. The highest BCUT2D eigenvalue weighted by Crippen LogP contribution is 2.26. The van der Waals surface area contributed by atoms with Crippen LogP contribution in [0.15, 0.2) is 41.3 Å². The van der Waals surface area contributed by atoms with Crippen molar-refractivity contribution in [2.75, 3.05) is 17.7 Å². The summed E-state index contributed by atoms with van der Waals surface area (Å²) in [6.45, 7) is -0.586. The fourth-order valence-corrected chi connectivity index (χ4v) is 4.36. The van der Waals surface area contributed by atoms with Crippen molar-refractivity contribution in [2.24, 2.45) is 0 Å². The van der Waals surface area contributed by atoms with Crippen LogP contribution in [-0.2, 0) is 24.2 Å². The van der Waals surface area contributed by atoms with Crippen LogP contribution in [0.5, 0.6) is 0 Å². The number of esters is 1. The highest BCUT2D eigenvalue weighted by atomic mass is 35.5. The maximum absolute atomic E-state index is 12.3. The zero-order valence-corrected chi connectivity index (χ0v) is 17.9. The lowest BCUT2D eigenvalue weighted by Gasteiger charge is -2.09. The molecule has 11 heteroatoms. The van der Waals surface area contributed by atoms with Crippen molar-refractivity contribution in [2.45, 2.75) is 11.3 Å². The van der Waals surface area contributed by atoms with Crippen LogP contribution in [0.1, 0.15) is 6.42 Å². The molecular formula is C17H13Cl4NO5S. The van der Waals surface area contributed by atoms with E-state index in [0.717, 1.165) is 0 Å². The maximum atomic E-state index is 12.3. The maximum Gasteiger partial charge on any atom is 0.307 e. The third-order valence-corrected chi connectivity index (χ3v) is 6.54. The lowest BCUT2D eigenvalue weighted by atomic mass is 10.3. The van der Waals surface area contributed by atoms with Crippen LogP contribution in [-0.4, -0.2) is 32.7 Å². The van der Waals surface area contributed by atoms with Gasteiger partial charge in [0.25, 0.3) is 5.91 Å². The number of nitrogens with one attached hydrogen (secondary N) is 1. The molecule has 0 unspecified atom stereocenters. The van der Waals surface area contributed by atoms with Crippen molar-refractivity contribution in [3.05, 3.63) is 56.5 Å². The molecule has 6 nitrogen and oxygen atoms in total. The second kappa shape index (κ2) is 9.80. The molecule has 0 atom stereocenters. The lowest BCUT2D eigenvalue weighted by molar-refractivity contribution is -0.146. The van der Waals surface area contributed by atoms with Gasteiger partial charge in [-0.15, -0.1) is 0 Å². The van der Waals surface area contributed by atoms with E-state index in [-0.39, 0.29) is 20.0 Å². The number of carbonyl (C=O) groups is 2. The minimum atomic E-state index is -3.85. The minimum Gasteiger partial charge on any atom is -0.456 e. The lowest BCUT2D eigenvalue weighted by Crippen LogP contribution is -2.22. The summed E-state index contributed by atoms with van der Waals surface area (Å²) in [5.74, 6) is -2.01. The van der Waals surface area contributed by atoms with Gasteiger partial charge in [-0.3, -0.25) is 9.59 Å². The standard InChI is InChI=1S/C17H13Cl4NO5S/c18-10-1-3-13(20)15(7-10)28(25,26)6-5-17(24)27-9-16(23)22-11-2-4-12(19)14(21)8-11/h1-4,7-8H,5-6,9H2,(H,22,23). The van der Waals surface area contributed by atoms with Crippen LogP contribution in [0.4, 0.5) is 5.69 Å². The largest absolute Gasteiger partial charge is 0.456 e. The van der Waals surface area contributed by atoms with Crippen molar-refractivity contribution in [1.82, 2.24) is 0 Å². The number of ether oxygens (including phenoxy) is 1. The third kappa shape index (κ3) is 6.53. The van der Waals surface area contributed by atoms with E-state index in [2.05, 4.69) is 5.32 Å². The molecule has 0 fully saturated rings. The molecule has 2 aromatic rings. The number of sulfone groups is 1. The molecular weight excluding hydrogens is 472 g/mol.